The lowest BCUT2D eigenvalue weighted by molar-refractivity contribution is -0.389. The van der Waals surface area contributed by atoms with Crippen LogP contribution in [0.1, 0.15) is 17.2 Å². The third-order valence-electron chi connectivity index (χ3n) is 4.42. The highest BCUT2D eigenvalue weighted by Crippen LogP contribution is 2.28. The SMILES string of the molecule is O=[N+]([O-])c1cn(CCN(CCCl)C(c2ccccc2)c2ccccc2)cn1. The maximum atomic E-state index is 10.8. The molecule has 0 bridgehead atoms. The van der Waals surface area contributed by atoms with E-state index in [1.165, 1.54) is 23.7 Å². The van der Waals surface area contributed by atoms with Crippen molar-refractivity contribution in [1.82, 2.24) is 14.5 Å². The fourth-order valence-electron chi connectivity index (χ4n) is 3.17. The summed E-state index contributed by atoms with van der Waals surface area (Å²) >= 11 is 6.09. The number of nitrogens with zero attached hydrogens (tertiary/aromatic N) is 4. The van der Waals surface area contributed by atoms with Gasteiger partial charge < -0.3 is 14.7 Å². The first kappa shape index (κ1) is 19.1. The molecular weight excluding hydrogens is 364 g/mol. The number of alkyl halides is 1. The van der Waals surface area contributed by atoms with E-state index in [1.807, 2.05) is 36.4 Å². The largest absolute Gasteiger partial charge is 0.381 e. The van der Waals surface area contributed by atoms with Crippen molar-refractivity contribution in [1.29, 1.82) is 0 Å². The lowest BCUT2D eigenvalue weighted by Gasteiger charge is -2.32. The summed E-state index contributed by atoms with van der Waals surface area (Å²) in [5.74, 6) is 0.363. The second-order valence-corrected chi connectivity index (χ2v) is 6.55. The summed E-state index contributed by atoms with van der Waals surface area (Å²) in [4.78, 5) is 16.5. The Hall–Kier alpha value is -2.70. The molecule has 3 rings (SSSR count). The summed E-state index contributed by atoms with van der Waals surface area (Å²) < 4.78 is 1.74. The molecule has 0 saturated carbocycles. The fraction of sp³-hybridized carbons (Fsp3) is 0.250. The van der Waals surface area contributed by atoms with E-state index in [4.69, 9.17) is 11.6 Å². The summed E-state index contributed by atoms with van der Waals surface area (Å²) in [6.07, 6.45) is 2.95. The van der Waals surface area contributed by atoms with Crippen LogP contribution in [-0.4, -0.2) is 38.3 Å². The average molecular weight is 385 g/mol. The van der Waals surface area contributed by atoms with E-state index in [1.54, 1.807) is 4.57 Å². The van der Waals surface area contributed by atoms with E-state index in [2.05, 4.69) is 34.1 Å². The Morgan fingerprint density at radius 3 is 2.11 bits per heavy atom. The van der Waals surface area contributed by atoms with Crippen LogP contribution in [0.3, 0.4) is 0 Å². The first-order valence-corrected chi connectivity index (χ1v) is 9.28. The van der Waals surface area contributed by atoms with Gasteiger partial charge in [0, 0.05) is 25.5 Å². The summed E-state index contributed by atoms with van der Waals surface area (Å²) in [7, 11) is 0. The lowest BCUT2D eigenvalue weighted by atomic mass is 9.97. The highest BCUT2D eigenvalue weighted by Gasteiger charge is 2.22. The van der Waals surface area contributed by atoms with Crippen LogP contribution < -0.4 is 0 Å². The van der Waals surface area contributed by atoms with Crippen LogP contribution in [0.5, 0.6) is 0 Å². The summed E-state index contributed by atoms with van der Waals surface area (Å²) in [6.45, 7) is 1.98. The van der Waals surface area contributed by atoms with E-state index < -0.39 is 4.92 Å². The van der Waals surface area contributed by atoms with Crippen molar-refractivity contribution in [3.8, 4) is 0 Å². The van der Waals surface area contributed by atoms with Crippen molar-refractivity contribution < 1.29 is 4.92 Å². The number of aromatic nitrogens is 2. The van der Waals surface area contributed by atoms with E-state index in [9.17, 15) is 10.1 Å². The zero-order chi connectivity index (χ0) is 19.1. The Kier molecular flexibility index (Phi) is 6.57. The molecule has 140 valence electrons. The van der Waals surface area contributed by atoms with Crippen LogP contribution in [0.4, 0.5) is 5.82 Å². The van der Waals surface area contributed by atoms with Crippen molar-refractivity contribution >= 4 is 17.4 Å². The normalized spacial score (nSPS) is 11.2. The number of rotatable bonds is 9. The number of nitro groups is 1. The number of benzene rings is 2. The van der Waals surface area contributed by atoms with E-state index in [0.717, 1.165) is 0 Å². The molecule has 0 N–H and O–H groups in total. The second kappa shape index (κ2) is 9.30. The Morgan fingerprint density at radius 2 is 1.63 bits per heavy atom. The zero-order valence-electron chi connectivity index (χ0n) is 14.8. The van der Waals surface area contributed by atoms with Gasteiger partial charge in [-0.3, -0.25) is 4.90 Å². The third-order valence-corrected chi connectivity index (χ3v) is 4.59. The molecule has 27 heavy (non-hydrogen) atoms. The van der Waals surface area contributed by atoms with Gasteiger partial charge in [0.15, 0.2) is 0 Å². The van der Waals surface area contributed by atoms with Crippen LogP contribution in [0.25, 0.3) is 0 Å². The van der Waals surface area contributed by atoms with Crippen molar-refractivity contribution in [2.75, 3.05) is 19.0 Å². The molecule has 3 aromatic rings. The molecule has 1 aromatic heterocycles. The molecule has 0 fully saturated rings. The number of hydrogen-bond acceptors (Lipinski definition) is 4. The van der Waals surface area contributed by atoms with Gasteiger partial charge in [-0.1, -0.05) is 60.7 Å². The van der Waals surface area contributed by atoms with Crippen molar-refractivity contribution in [3.05, 3.63) is 94.4 Å². The Morgan fingerprint density at radius 1 is 1.04 bits per heavy atom. The highest BCUT2D eigenvalue weighted by atomic mass is 35.5. The second-order valence-electron chi connectivity index (χ2n) is 6.18. The Bertz CT molecular complexity index is 815. The average Bonchev–Trinajstić information content (AvgIpc) is 3.17. The molecule has 6 nitrogen and oxygen atoms in total. The summed E-state index contributed by atoms with van der Waals surface area (Å²) in [6, 6.07) is 20.6. The predicted molar refractivity (Wildman–Crippen MR) is 106 cm³/mol. The van der Waals surface area contributed by atoms with Crippen LogP contribution in [0.2, 0.25) is 0 Å². The summed E-state index contributed by atoms with van der Waals surface area (Å²) in [5.41, 5.74) is 2.37. The topological polar surface area (TPSA) is 64.2 Å². The number of halogens is 1. The van der Waals surface area contributed by atoms with Crippen molar-refractivity contribution in [3.63, 3.8) is 0 Å². The van der Waals surface area contributed by atoms with Crippen LogP contribution in [0.15, 0.2) is 73.2 Å². The van der Waals surface area contributed by atoms with E-state index >= 15 is 0 Å². The minimum atomic E-state index is -0.482. The third kappa shape index (κ3) is 4.93. The molecule has 0 radical (unpaired) electrons. The number of imidazole rings is 1. The standard InChI is InChI=1S/C20H21ClN4O2/c21-11-12-24(14-13-23-15-19(22-16-23)25(26)27)20(17-7-3-1-4-8-17)18-9-5-2-6-10-18/h1-10,15-16,20H,11-14H2. The molecule has 0 aliphatic rings. The molecule has 0 saturated heterocycles. The Balaban J connectivity index is 1.85. The molecule has 1 heterocycles. The molecule has 0 aliphatic heterocycles. The van der Waals surface area contributed by atoms with Crippen LogP contribution in [0, 0.1) is 10.1 Å². The zero-order valence-corrected chi connectivity index (χ0v) is 15.6. The monoisotopic (exact) mass is 384 g/mol. The molecule has 7 heteroatoms. The van der Waals surface area contributed by atoms with E-state index in [0.29, 0.717) is 25.5 Å². The van der Waals surface area contributed by atoms with Gasteiger partial charge in [-0.2, -0.15) is 0 Å². The first-order chi connectivity index (χ1) is 13.2. The van der Waals surface area contributed by atoms with Gasteiger partial charge in [-0.15, -0.1) is 11.6 Å². The summed E-state index contributed by atoms with van der Waals surface area (Å²) in [5, 5.41) is 10.8. The molecule has 0 amide bonds. The predicted octanol–water partition coefficient (Wildman–Crippen LogP) is 4.12. The van der Waals surface area contributed by atoms with Gasteiger partial charge in [0.25, 0.3) is 0 Å². The molecule has 0 aliphatic carbocycles. The van der Waals surface area contributed by atoms with E-state index in [-0.39, 0.29) is 11.9 Å². The minimum Gasteiger partial charge on any atom is -0.358 e. The number of hydrogen-bond donors (Lipinski definition) is 0. The molecule has 2 aromatic carbocycles. The minimum absolute atomic E-state index is 0.0599. The molecule has 0 atom stereocenters. The smallest absolute Gasteiger partial charge is 0.358 e. The van der Waals surface area contributed by atoms with Crippen molar-refractivity contribution in [2.24, 2.45) is 0 Å². The van der Waals surface area contributed by atoms with Gasteiger partial charge in [0.1, 0.15) is 6.20 Å². The van der Waals surface area contributed by atoms with Gasteiger partial charge in [0.2, 0.25) is 6.33 Å². The molecular formula is C20H21ClN4O2. The maximum absolute atomic E-state index is 10.8. The van der Waals surface area contributed by atoms with Crippen molar-refractivity contribution in [2.45, 2.75) is 12.6 Å². The van der Waals surface area contributed by atoms with Crippen LogP contribution >= 0.6 is 11.6 Å². The quantitative estimate of drug-likeness (QED) is 0.316. The van der Waals surface area contributed by atoms with Gasteiger partial charge in [-0.05, 0) is 21.0 Å². The van der Waals surface area contributed by atoms with Gasteiger partial charge >= 0.3 is 5.82 Å². The lowest BCUT2D eigenvalue weighted by Crippen LogP contribution is -2.34. The first-order valence-electron chi connectivity index (χ1n) is 8.75. The van der Waals surface area contributed by atoms with Crippen LogP contribution in [-0.2, 0) is 6.54 Å². The molecule has 0 spiro atoms. The fourth-order valence-corrected chi connectivity index (χ4v) is 3.39. The van der Waals surface area contributed by atoms with Gasteiger partial charge in [0.05, 0.1) is 6.04 Å². The van der Waals surface area contributed by atoms with Gasteiger partial charge in [-0.25, -0.2) is 0 Å². The maximum Gasteiger partial charge on any atom is 0.381 e. The molecule has 0 unspecified atom stereocenters. The Labute approximate surface area is 163 Å². The highest BCUT2D eigenvalue weighted by molar-refractivity contribution is 6.18.